The lowest BCUT2D eigenvalue weighted by atomic mass is 9.79. The van der Waals surface area contributed by atoms with Gasteiger partial charge in [-0.2, -0.15) is 0 Å². The van der Waals surface area contributed by atoms with Gasteiger partial charge in [-0.25, -0.2) is 0 Å². The highest BCUT2D eigenvalue weighted by Gasteiger charge is 2.36. The van der Waals surface area contributed by atoms with Crippen LogP contribution in [-0.4, -0.2) is 48.6 Å². The van der Waals surface area contributed by atoms with Crippen LogP contribution in [0.15, 0.2) is 0 Å². The second kappa shape index (κ2) is 8.87. The summed E-state index contributed by atoms with van der Waals surface area (Å²) in [6.45, 7) is 4.71. The normalized spacial score (nSPS) is 15.4. The molecule has 0 heterocycles. The molecule has 0 aromatic rings. The summed E-state index contributed by atoms with van der Waals surface area (Å²) in [4.78, 5) is 23.5. The molecule has 0 aliphatic carbocycles. The van der Waals surface area contributed by atoms with Gasteiger partial charge in [0.25, 0.3) is 0 Å². The number of esters is 2. The highest BCUT2D eigenvalue weighted by Crippen LogP contribution is 2.31. The maximum Gasteiger partial charge on any atom is 0.311 e. The lowest BCUT2D eigenvalue weighted by Gasteiger charge is -2.28. The second-order valence-electron chi connectivity index (χ2n) is 4.77. The minimum Gasteiger partial charge on any atom is -0.463 e. The highest BCUT2D eigenvalue weighted by atomic mass is 16.5. The maximum atomic E-state index is 11.9. The largest absolute Gasteiger partial charge is 0.463 e. The molecule has 2 N–H and O–H groups in total. The van der Waals surface area contributed by atoms with E-state index in [2.05, 4.69) is 0 Å². The Labute approximate surface area is 113 Å². The topological polar surface area (TPSA) is 93.1 Å². The molecule has 0 rings (SSSR count). The first-order valence-corrected chi connectivity index (χ1v) is 6.46. The van der Waals surface area contributed by atoms with Crippen LogP contribution in [0.5, 0.6) is 0 Å². The number of rotatable bonds is 9. The van der Waals surface area contributed by atoms with Crippen LogP contribution in [0, 0.1) is 11.3 Å². The molecule has 0 radical (unpaired) electrons. The molecule has 0 aromatic carbocycles. The Morgan fingerprint density at radius 1 is 1.16 bits per heavy atom. The van der Waals surface area contributed by atoms with Gasteiger partial charge in [0.1, 0.15) is 13.2 Å². The molecule has 0 saturated heterocycles. The molecule has 0 saturated carbocycles. The molecule has 19 heavy (non-hydrogen) atoms. The van der Waals surface area contributed by atoms with Gasteiger partial charge in [-0.15, -0.1) is 0 Å². The smallest absolute Gasteiger partial charge is 0.311 e. The fourth-order valence-corrected chi connectivity index (χ4v) is 1.73. The van der Waals surface area contributed by atoms with Crippen molar-refractivity contribution >= 4 is 11.9 Å². The van der Waals surface area contributed by atoms with Crippen molar-refractivity contribution in [3.63, 3.8) is 0 Å². The molecule has 2 atom stereocenters. The molecule has 0 amide bonds. The lowest BCUT2D eigenvalue weighted by molar-refractivity contribution is -0.159. The summed E-state index contributed by atoms with van der Waals surface area (Å²) in [5.41, 5.74) is -0.785. The zero-order chi connectivity index (χ0) is 14.9. The van der Waals surface area contributed by atoms with Gasteiger partial charge in [-0.3, -0.25) is 9.59 Å². The molecular weight excluding hydrogens is 252 g/mol. The predicted octanol–water partition coefficient (Wildman–Crippen LogP) is 0.500. The molecular formula is C13H24O6. The third-order valence-electron chi connectivity index (χ3n) is 3.09. The Bertz CT molecular complexity index is 291. The van der Waals surface area contributed by atoms with Gasteiger partial charge in [-0.05, 0) is 19.8 Å². The third-order valence-corrected chi connectivity index (χ3v) is 3.09. The van der Waals surface area contributed by atoms with Crippen LogP contribution in [0.4, 0.5) is 0 Å². The molecule has 0 spiro atoms. The molecule has 6 nitrogen and oxygen atoms in total. The van der Waals surface area contributed by atoms with Crippen LogP contribution in [0.25, 0.3) is 0 Å². The van der Waals surface area contributed by atoms with Crippen molar-refractivity contribution in [3.05, 3.63) is 0 Å². The predicted molar refractivity (Wildman–Crippen MR) is 68.3 cm³/mol. The zero-order valence-corrected chi connectivity index (χ0v) is 11.8. The number of aliphatic hydroxyl groups is 2. The Hall–Kier alpha value is -1.14. The van der Waals surface area contributed by atoms with Gasteiger partial charge in [0.15, 0.2) is 0 Å². The fourth-order valence-electron chi connectivity index (χ4n) is 1.73. The van der Waals surface area contributed by atoms with Crippen molar-refractivity contribution in [2.45, 2.75) is 33.6 Å². The van der Waals surface area contributed by atoms with E-state index in [1.807, 2.05) is 6.92 Å². The zero-order valence-electron chi connectivity index (χ0n) is 11.8. The van der Waals surface area contributed by atoms with Crippen molar-refractivity contribution in [2.24, 2.45) is 11.3 Å². The quantitative estimate of drug-likeness (QED) is 0.596. The summed E-state index contributed by atoms with van der Waals surface area (Å²) < 4.78 is 9.75. The summed E-state index contributed by atoms with van der Waals surface area (Å²) in [6.07, 6.45) is 0.826. The standard InChI is InChI=1S/C13H24O6/c1-4-13(3,12(17)19-8-6-15)9-10(2)11(16)18-7-5-14/h10,14-15H,4-9H2,1-3H3. The number of hydrogen-bond acceptors (Lipinski definition) is 6. The minimum atomic E-state index is -0.785. The molecule has 0 bridgehead atoms. The summed E-state index contributed by atoms with van der Waals surface area (Å²) in [5, 5.41) is 17.2. The van der Waals surface area contributed by atoms with E-state index in [0.29, 0.717) is 12.8 Å². The van der Waals surface area contributed by atoms with Crippen LogP contribution in [0.3, 0.4) is 0 Å². The number of carbonyl (C=O) groups excluding carboxylic acids is 2. The van der Waals surface area contributed by atoms with Crippen LogP contribution < -0.4 is 0 Å². The van der Waals surface area contributed by atoms with Crippen molar-refractivity contribution in [1.29, 1.82) is 0 Å². The molecule has 0 aliphatic heterocycles. The van der Waals surface area contributed by atoms with Gasteiger partial charge in [0.2, 0.25) is 0 Å². The van der Waals surface area contributed by atoms with E-state index in [1.165, 1.54) is 0 Å². The van der Waals surface area contributed by atoms with Gasteiger partial charge in [-0.1, -0.05) is 13.8 Å². The number of aliphatic hydroxyl groups excluding tert-OH is 2. The molecule has 0 aromatic heterocycles. The van der Waals surface area contributed by atoms with Crippen molar-refractivity contribution in [1.82, 2.24) is 0 Å². The number of ether oxygens (including phenoxy) is 2. The molecule has 2 unspecified atom stereocenters. The minimum absolute atomic E-state index is 0.0407. The van der Waals surface area contributed by atoms with Crippen LogP contribution in [0.2, 0.25) is 0 Å². The summed E-state index contributed by atoms with van der Waals surface area (Å²) in [5.74, 6) is -1.33. The van der Waals surface area contributed by atoms with E-state index >= 15 is 0 Å². The first-order chi connectivity index (χ1) is 8.91. The van der Waals surface area contributed by atoms with Crippen LogP contribution in [-0.2, 0) is 19.1 Å². The molecule has 0 aliphatic rings. The maximum absolute atomic E-state index is 11.9. The molecule has 0 fully saturated rings. The lowest BCUT2D eigenvalue weighted by Crippen LogP contribution is -2.34. The van der Waals surface area contributed by atoms with Gasteiger partial charge < -0.3 is 19.7 Å². The van der Waals surface area contributed by atoms with Crippen molar-refractivity contribution < 1.29 is 29.3 Å². The van der Waals surface area contributed by atoms with Crippen molar-refractivity contribution in [3.8, 4) is 0 Å². The second-order valence-corrected chi connectivity index (χ2v) is 4.77. The van der Waals surface area contributed by atoms with Gasteiger partial charge in [0, 0.05) is 0 Å². The monoisotopic (exact) mass is 276 g/mol. The molecule has 6 heteroatoms. The van der Waals surface area contributed by atoms with Gasteiger partial charge in [0.05, 0.1) is 24.5 Å². The first kappa shape index (κ1) is 17.9. The van der Waals surface area contributed by atoms with E-state index < -0.39 is 23.3 Å². The number of hydrogen-bond donors (Lipinski definition) is 2. The summed E-state index contributed by atoms with van der Waals surface area (Å²) >= 11 is 0. The molecule has 112 valence electrons. The Morgan fingerprint density at radius 2 is 1.68 bits per heavy atom. The third kappa shape index (κ3) is 6.02. The van der Waals surface area contributed by atoms with E-state index in [9.17, 15) is 9.59 Å². The van der Waals surface area contributed by atoms with Crippen LogP contribution >= 0.6 is 0 Å². The first-order valence-electron chi connectivity index (χ1n) is 6.46. The Morgan fingerprint density at radius 3 is 2.16 bits per heavy atom. The average molecular weight is 276 g/mol. The SMILES string of the molecule is CCC(C)(CC(C)C(=O)OCCO)C(=O)OCCO. The van der Waals surface area contributed by atoms with E-state index in [-0.39, 0.29) is 26.4 Å². The summed E-state index contributed by atoms with van der Waals surface area (Å²) in [7, 11) is 0. The average Bonchev–Trinajstić information content (AvgIpc) is 2.41. The Kier molecular flexibility index (Phi) is 8.34. The van der Waals surface area contributed by atoms with Gasteiger partial charge >= 0.3 is 11.9 Å². The highest BCUT2D eigenvalue weighted by molar-refractivity contribution is 5.78. The van der Waals surface area contributed by atoms with E-state index in [0.717, 1.165) is 0 Å². The number of carbonyl (C=O) groups is 2. The van der Waals surface area contributed by atoms with Crippen LogP contribution in [0.1, 0.15) is 33.6 Å². The van der Waals surface area contributed by atoms with E-state index in [1.54, 1.807) is 13.8 Å². The Balaban J connectivity index is 4.50. The van der Waals surface area contributed by atoms with E-state index in [4.69, 9.17) is 19.7 Å². The summed E-state index contributed by atoms with van der Waals surface area (Å²) in [6, 6.07) is 0. The fraction of sp³-hybridized carbons (Fsp3) is 0.846. The van der Waals surface area contributed by atoms with Crippen molar-refractivity contribution in [2.75, 3.05) is 26.4 Å².